The van der Waals surface area contributed by atoms with E-state index >= 15 is 0 Å². The molecule has 10 nitrogen and oxygen atoms in total. The van der Waals surface area contributed by atoms with Crippen molar-refractivity contribution in [1.82, 2.24) is 4.90 Å². The molecular weight excluding hydrogens is 412 g/mol. The van der Waals surface area contributed by atoms with E-state index in [9.17, 15) is 0 Å². The van der Waals surface area contributed by atoms with Gasteiger partial charge < -0.3 is 34.9 Å². The van der Waals surface area contributed by atoms with Crippen molar-refractivity contribution < 1.29 is 18.9 Å². The number of anilines is 2. The van der Waals surface area contributed by atoms with Crippen LogP contribution in [0.1, 0.15) is 0 Å². The first-order valence-electron chi connectivity index (χ1n) is 10.3. The van der Waals surface area contributed by atoms with E-state index in [4.69, 9.17) is 24.7 Å². The summed E-state index contributed by atoms with van der Waals surface area (Å²) < 4.78 is 21.6. The van der Waals surface area contributed by atoms with E-state index < -0.39 is 6.29 Å². The van der Waals surface area contributed by atoms with Gasteiger partial charge in [0.2, 0.25) is 18.2 Å². The van der Waals surface area contributed by atoms with Crippen LogP contribution < -0.4 is 30.2 Å². The number of hydrogen-bond acceptors (Lipinski definition) is 10. The number of rotatable bonds is 6. The lowest BCUT2D eigenvalue weighted by Gasteiger charge is -2.41. The van der Waals surface area contributed by atoms with E-state index in [1.54, 1.807) is 21.3 Å². The van der Waals surface area contributed by atoms with Gasteiger partial charge in [-0.05, 0) is 36.4 Å². The van der Waals surface area contributed by atoms with Crippen LogP contribution in [0.5, 0.6) is 17.2 Å². The van der Waals surface area contributed by atoms with E-state index in [2.05, 4.69) is 20.2 Å². The van der Waals surface area contributed by atoms with Crippen LogP contribution in [-0.2, 0) is 4.74 Å². The van der Waals surface area contributed by atoms with Gasteiger partial charge >= 0.3 is 0 Å². The molecular formula is C22H28N6O4. The van der Waals surface area contributed by atoms with Crippen LogP contribution in [-0.4, -0.2) is 70.7 Å². The summed E-state index contributed by atoms with van der Waals surface area (Å²) in [5.41, 5.74) is 7.83. The number of hydrogen-bond donors (Lipinski definition) is 2. The Labute approximate surface area is 187 Å². The molecule has 2 aliphatic rings. The zero-order valence-electron chi connectivity index (χ0n) is 18.4. The maximum Gasteiger partial charge on any atom is 0.222 e. The average molecular weight is 441 g/mol. The molecule has 0 saturated carbocycles. The zero-order chi connectivity index (χ0) is 22.5. The van der Waals surface area contributed by atoms with Gasteiger partial charge in [0.25, 0.3) is 0 Å². The molecule has 4 rings (SSSR count). The number of nitrogens with one attached hydrogen (secondary N) is 1. The Bertz CT molecular complexity index is 988. The molecule has 2 aromatic carbocycles. The first-order chi connectivity index (χ1) is 15.6. The van der Waals surface area contributed by atoms with Crippen LogP contribution in [0.3, 0.4) is 0 Å². The molecule has 1 atom stereocenters. The Morgan fingerprint density at radius 2 is 1.69 bits per heavy atom. The summed E-state index contributed by atoms with van der Waals surface area (Å²) >= 11 is 0. The third-order valence-corrected chi connectivity index (χ3v) is 5.25. The Balaban J connectivity index is 1.70. The second-order valence-corrected chi connectivity index (χ2v) is 7.15. The normalized spacial score (nSPS) is 18.5. The van der Waals surface area contributed by atoms with Gasteiger partial charge in [0.05, 0.1) is 34.5 Å². The maximum atomic E-state index is 6.14. The van der Waals surface area contributed by atoms with E-state index in [0.29, 0.717) is 43.8 Å². The summed E-state index contributed by atoms with van der Waals surface area (Å²) in [6.07, 6.45) is -0.531. The second kappa shape index (κ2) is 9.65. The number of nitrogens with two attached hydrogens (primary N) is 1. The molecule has 3 N–H and O–H groups in total. The van der Waals surface area contributed by atoms with Crippen molar-refractivity contribution in [2.45, 2.75) is 6.29 Å². The van der Waals surface area contributed by atoms with Crippen molar-refractivity contribution in [1.29, 1.82) is 0 Å². The predicted molar refractivity (Wildman–Crippen MR) is 124 cm³/mol. The molecule has 10 heteroatoms. The number of nitrogens with zero attached hydrogens (tertiary/aromatic N) is 4. The van der Waals surface area contributed by atoms with Crippen molar-refractivity contribution >= 4 is 23.3 Å². The molecule has 2 heterocycles. The first kappa shape index (κ1) is 21.6. The van der Waals surface area contributed by atoms with Gasteiger partial charge in [0.1, 0.15) is 5.75 Å². The number of ether oxygens (including phenoxy) is 4. The summed E-state index contributed by atoms with van der Waals surface area (Å²) in [7, 11) is 4.85. The highest BCUT2D eigenvalue weighted by Crippen LogP contribution is 2.32. The van der Waals surface area contributed by atoms with Crippen LogP contribution >= 0.6 is 0 Å². The second-order valence-electron chi connectivity index (χ2n) is 7.15. The fourth-order valence-electron chi connectivity index (χ4n) is 3.64. The molecule has 1 fully saturated rings. The molecule has 0 amide bonds. The Morgan fingerprint density at radius 1 is 0.969 bits per heavy atom. The number of guanidine groups is 2. The lowest BCUT2D eigenvalue weighted by atomic mass is 10.2. The van der Waals surface area contributed by atoms with Crippen molar-refractivity contribution in [3.63, 3.8) is 0 Å². The Kier molecular flexibility index (Phi) is 6.50. The van der Waals surface area contributed by atoms with Gasteiger partial charge in [0.15, 0.2) is 11.5 Å². The van der Waals surface area contributed by atoms with Crippen LogP contribution in [0.4, 0.5) is 11.4 Å². The molecule has 1 unspecified atom stereocenters. The number of benzene rings is 2. The van der Waals surface area contributed by atoms with Crippen molar-refractivity contribution in [2.24, 2.45) is 15.7 Å². The molecule has 0 radical (unpaired) electrons. The standard InChI is InChI=1S/C22H28N6O4/c1-29-17-7-5-16(6-8-17)28-21(24-15-4-9-18(30-2)19(14-15)31-3)25-20(23)26-22(28)27-10-12-32-13-11-27/h4-9,14,21,24H,10-13H2,1-3H3,(H2,23,25). The van der Waals surface area contributed by atoms with Crippen molar-refractivity contribution in [3.8, 4) is 17.2 Å². The molecule has 170 valence electrons. The summed E-state index contributed by atoms with van der Waals surface area (Å²) in [5, 5.41) is 3.44. The highest BCUT2D eigenvalue weighted by molar-refractivity contribution is 6.06. The van der Waals surface area contributed by atoms with Gasteiger partial charge in [0, 0.05) is 30.5 Å². The number of methoxy groups -OCH3 is 3. The van der Waals surface area contributed by atoms with Gasteiger partial charge in [-0.3, -0.25) is 4.90 Å². The highest BCUT2D eigenvalue weighted by Gasteiger charge is 2.32. The van der Waals surface area contributed by atoms with Crippen molar-refractivity contribution in [3.05, 3.63) is 42.5 Å². The van der Waals surface area contributed by atoms with Crippen LogP contribution in [0.2, 0.25) is 0 Å². The predicted octanol–water partition coefficient (Wildman–Crippen LogP) is 1.93. The van der Waals surface area contributed by atoms with Crippen LogP contribution in [0.25, 0.3) is 0 Å². The quantitative estimate of drug-likeness (QED) is 0.702. The minimum atomic E-state index is -0.531. The SMILES string of the molecule is COc1ccc(N2C(N3CCOCC3)=NC(N)=NC2Nc2ccc(OC)c(OC)c2)cc1. The highest BCUT2D eigenvalue weighted by atomic mass is 16.5. The minimum absolute atomic E-state index is 0.203. The monoisotopic (exact) mass is 440 g/mol. The van der Waals surface area contributed by atoms with E-state index in [1.807, 2.05) is 47.4 Å². The Hall–Kier alpha value is -3.66. The van der Waals surface area contributed by atoms with Gasteiger partial charge in [-0.1, -0.05) is 0 Å². The fraction of sp³-hybridized carbons (Fsp3) is 0.364. The number of morpholine rings is 1. The third kappa shape index (κ3) is 4.50. The van der Waals surface area contributed by atoms with E-state index in [0.717, 1.165) is 17.1 Å². The molecule has 0 bridgehead atoms. The fourth-order valence-corrected chi connectivity index (χ4v) is 3.64. The first-order valence-corrected chi connectivity index (χ1v) is 10.3. The maximum absolute atomic E-state index is 6.14. The Morgan fingerprint density at radius 3 is 2.34 bits per heavy atom. The molecule has 0 aromatic heterocycles. The van der Waals surface area contributed by atoms with Gasteiger partial charge in [-0.25, -0.2) is 4.99 Å². The molecule has 2 aliphatic heterocycles. The largest absolute Gasteiger partial charge is 0.497 e. The number of aliphatic imine (C=N–C) groups is 2. The zero-order valence-corrected chi connectivity index (χ0v) is 18.4. The lowest BCUT2D eigenvalue weighted by molar-refractivity contribution is 0.0671. The molecule has 0 aliphatic carbocycles. The van der Waals surface area contributed by atoms with E-state index in [-0.39, 0.29) is 5.96 Å². The third-order valence-electron chi connectivity index (χ3n) is 5.25. The lowest BCUT2D eigenvalue weighted by Crippen LogP contribution is -2.57. The summed E-state index contributed by atoms with van der Waals surface area (Å²) in [6, 6.07) is 13.3. The molecule has 1 saturated heterocycles. The molecule has 0 spiro atoms. The smallest absolute Gasteiger partial charge is 0.222 e. The minimum Gasteiger partial charge on any atom is -0.497 e. The van der Waals surface area contributed by atoms with Gasteiger partial charge in [-0.15, -0.1) is 0 Å². The summed E-state index contributed by atoms with van der Waals surface area (Å²) in [6.45, 7) is 2.67. The van der Waals surface area contributed by atoms with Crippen LogP contribution in [0.15, 0.2) is 52.4 Å². The van der Waals surface area contributed by atoms with E-state index in [1.165, 1.54) is 0 Å². The summed E-state index contributed by atoms with van der Waals surface area (Å²) in [5.74, 6) is 2.94. The topological polar surface area (TPSA) is 106 Å². The molecule has 2 aromatic rings. The van der Waals surface area contributed by atoms with Gasteiger partial charge in [-0.2, -0.15) is 4.99 Å². The molecule has 32 heavy (non-hydrogen) atoms. The average Bonchev–Trinajstić information content (AvgIpc) is 2.84. The summed E-state index contributed by atoms with van der Waals surface area (Å²) in [4.78, 5) is 13.3. The van der Waals surface area contributed by atoms with Crippen molar-refractivity contribution in [2.75, 3.05) is 57.8 Å². The van der Waals surface area contributed by atoms with Crippen LogP contribution in [0, 0.1) is 0 Å².